The third kappa shape index (κ3) is 4.94. The second kappa shape index (κ2) is 9.51. The van der Waals surface area contributed by atoms with Gasteiger partial charge in [0.05, 0.1) is 10.3 Å². The van der Waals surface area contributed by atoms with Gasteiger partial charge in [-0.2, -0.15) is 5.10 Å². The van der Waals surface area contributed by atoms with E-state index in [0.717, 1.165) is 12.8 Å². The fourth-order valence-electron chi connectivity index (χ4n) is 3.22. The van der Waals surface area contributed by atoms with Crippen LogP contribution in [0.4, 0.5) is 10.8 Å². The molecule has 0 atom stereocenters. The SMILES string of the molecule is CCCCn1nc(C(=O)Nc2ccc(S(=O)(=O)Nc3nccs3)cc2)c2ccccc2c1=O. The fraction of sp³-hybridized carbons (Fsp3) is 0.182. The molecule has 0 saturated heterocycles. The highest BCUT2D eigenvalue weighted by molar-refractivity contribution is 7.93. The summed E-state index contributed by atoms with van der Waals surface area (Å²) in [6.07, 6.45) is 3.15. The summed E-state index contributed by atoms with van der Waals surface area (Å²) >= 11 is 1.17. The van der Waals surface area contributed by atoms with Gasteiger partial charge in [0.25, 0.3) is 21.5 Å². The number of nitrogens with zero attached hydrogens (tertiary/aromatic N) is 3. The number of carbonyl (C=O) groups excluding carboxylic acids is 1. The Bertz CT molecular complexity index is 1450. The van der Waals surface area contributed by atoms with Gasteiger partial charge < -0.3 is 5.32 Å². The predicted octanol–water partition coefficient (Wildman–Crippen LogP) is 3.71. The molecule has 2 aromatic heterocycles. The van der Waals surface area contributed by atoms with Gasteiger partial charge in [0.1, 0.15) is 0 Å². The number of hydrogen-bond acceptors (Lipinski definition) is 7. The normalized spacial score (nSPS) is 11.4. The lowest BCUT2D eigenvalue weighted by molar-refractivity contribution is 0.102. The van der Waals surface area contributed by atoms with Gasteiger partial charge in [0.2, 0.25) is 0 Å². The van der Waals surface area contributed by atoms with Crippen LogP contribution in [0.25, 0.3) is 10.8 Å². The van der Waals surface area contributed by atoms with E-state index in [0.29, 0.717) is 23.0 Å². The van der Waals surface area contributed by atoms with Gasteiger partial charge in [0.15, 0.2) is 10.8 Å². The Balaban J connectivity index is 1.59. The van der Waals surface area contributed by atoms with Crippen LogP contribution in [0.3, 0.4) is 0 Å². The van der Waals surface area contributed by atoms with Crippen LogP contribution < -0.4 is 15.6 Å². The predicted molar refractivity (Wildman–Crippen MR) is 128 cm³/mol. The topological polar surface area (TPSA) is 123 Å². The maximum atomic E-state index is 13.0. The largest absolute Gasteiger partial charge is 0.321 e. The third-order valence-corrected chi connectivity index (χ3v) is 7.06. The fourth-order valence-corrected chi connectivity index (χ4v) is 5.01. The monoisotopic (exact) mass is 483 g/mol. The zero-order valence-corrected chi connectivity index (χ0v) is 19.3. The lowest BCUT2D eigenvalue weighted by Crippen LogP contribution is -2.27. The summed E-state index contributed by atoms with van der Waals surface area (Å²) in [5.74, 6) is -0.493. The van der Waals surface area contributed by atoms with E-state index in [1.807, 2.05) is 6.92 Å². The zero-order valence-electron chi connectivity index (χ0n) is 17.7. The first kappa shape index (κ1) is 22.6. The van der Waals surface area contributed by atoms with Gasteiger partial charge >= 0.3 is 0 Å². The Hall–Kier alpha value is -3.57. The molecule has 0 unspecified atom stereocenters. The summed E-state index contributed by atoms with van der Waals surface area (Å²) in [6, 6.07) is 12.6. The van der Waals surface area contributed by atoms with Crippen molar-refractivity contribution in [1.29, 1.82) is 0 Å². The molecule has 4 rings (SSSR count). The minimum Gasteiger partial charge on any atom is -0.321 e. The average Bonchev–Trinajstić information content (AvgIpc) is 3.31. The number of aromatic nitrogens is 3. The van der Waals surface area contributed by atoms with Crippen LogP contribution in [0.5, 0.6) is 0 Å². The molecule has 0 fully saturated rings. The molecular formula is C22H21N5O4S2. The van der Waals surface area contributed by atoms with E-state index in [-0.39, 0.29) is 21.3 Å². The summed E-state index contributed by atoms with van der Waals surface area (Å²) in [5, 5.41) is 9.86. The van der Waals surface area contributed by atoms with E-state index >= 15 is 0 Å². The Morgan fingerprint density at radius 3 is 2.48 bits per heavy atom. The van der Waals surface area contributed by atoms with Crippen LogP contribution in [-0.4, -0.2) is 29.1 Å². The summed E-state index contributed by atoms with van der Waals surface area (Å²) in [6.45, 7) is 2.43. The second-order valence-electron chi connectivity index (χ2n) is 7.20. The highest BCUT2D eigenvalue weighted by Gasteiger charge is 2.18. The summed E-state index contributed by atoms with van der Waals surface area (Å²) in [5.41, 5.74) is 0.284. The lowest BCUT2D eigenvalue weighted by Gasteiger charge is -2.11. The van der Waals surface area contributed by atoms with E-state index in [1.165, 1.54) is 46.5 Å². The van der Waals surface area contributed by atoms with Crippen molar-refractivity contribution >= 4 is 48.9 Å². The van der Waals surface area contributed by atoms with Crippen molar-refractivity contribution in [3.8, 4) is 0 Å². The van der Waals surface area contributed by atoms with Crippen LogP contribution in [-0.2, 0) is 16.6 Å². The minimum absolute atomic E-state index is 0.0346. The standard InChI is InChI=1S/C22H21N5O4S2/c1-2-3-13-27-21(29)18-7-5-4-6-17(18)19(25-27)20(28)24-15-8-10-16(11-9-15)33(30,31)26-22-23-12-14-32-22/h4-12,14H,2-3,13H2,1H3,(H,23,26)(H,24,28). The van der Waals surface area contributed by atoms with E-state index in [9.17, 15) is 18.0 Å². The first-order valence-electron chi connectivity index (χ1n) is 10.2. The molecule has 170 valence electrons. The molecule has 2 aromatic carbocycles. The van der Waals surface area contributed by atoms with Gasteiger partial charge in [-0.3, -0.25) is 14.3 Å². The summed E-state index contributed by atoms with van der Waals surface area (Å²) < 4.78 is 28.7. The molecule has 0 aliphatic carbocycles. The molecule has 0 aliphatic heterocycles. The van der Waals surface area contributed by atoms with Gasteiger partial charge in [-0.05, 0) is 36.8 Å². The molecule has 0 saturated carbocycles. The van der Waals surface area contributed by atoms with Crippen LogP contribution in [0.15, 0.2) is 69.8 Å². The lowest BCUT2D eigenvalue weighted by atomic mass is 10.1. The number of sulfonamides is 1. The number of nitrogens with one attached hydrogen (secondary N) is 2. The summed E-state index contributed by atoms with van der Waals surface area (Å²) in [7, 11) is -3.79. The molecule has 11 heteroatoms. The number of unbranched alkanes of at least 4 members (excludes halogenated alkanes) is 1. The number of hydrogen-bond donors (Lipinski definition) is 2. The molecule has 1 amide bonds. The highest BCUT2D eigenvalue weighted by Crippen LogP contribution is 2.21. The van der Waals surface area contributed by atoms with Gasteiger partial charge in [-0.1, -0.05) is 31.5 Å². The molecule has 0 spiro atoms. The molecule has 2 N–H and O–H groups in total. The first-order chi connectivity index (χ1) is 15.9. The number of thiazole rings is 1. The molecule has 0 aliphatic rings. The van der Waals surface area contributed by atoms with Crippen molar-refractivity contribution in [2.75, 3.05) is 10.0 Å². The van der Waals surface area contributed by atoms with Crippen molar-refractivity contribution in [3.05, 3.63) is 76.2 Å². The number of fused-ring (bicyclic) bond motifs is 1. The van der Waals surface area contributed by atoms with Crippen LogP contribution in [0.1, 0.15) is 30.3 Å². The number of amides is 1. The van der Waals surface area contributed by atoms with Gasteiger partial charge in [-0.15, -0.1) is 11.3 Å². The molecule has 0 bridgehead atoms. The zero-order chi connectivity index (χ0) is 23.4. The molecule has 33 heavy (non-hydrogen) atoms. The third-order valence-electron chi connectivity index (χ3n) is 4.88. The molecule has 0 radical (unpaired) electrons. The van der Waals surface area contributed by atoms with Gasteiger partial charge in [-0.25, -0.2) is 18.1 Å². The minimum atomic E-state index is -3.79. The number of benzene rings is 2. The number of rotatable bonds is 8. The van der Waals surface area contributed by atoms with E-state index in [4.69, 9.17) is 0 Å². The van der Waals surface area contributed by atoms with E-state index in [2.05, 4.69) is 20.1 Å². The van der Waals surface area contributed by atoms with Crippen molar-refractivity contribution in [2.45, 2.75) is 31.2 Å². The molecule has 2 heterocycles. The Morgan fingerprint density at radius 1 is 1.09 bits per heavy atom. The molecular weight excluding hydrogens is 462 g/mol. The smallest absolute Gasteiger partial charge is 0.276 e. The Kier molecular flexibility index (Phi) is 6.52. The van der Waals surface area contributed by atoms with Gasteiger partial charge in [0, 0.05) is 29.2 Å². The van der Waals surface area contributed by atoms with E-state index < -0.39 is 15.9 Å². The maximum Gasteiger partial charge on any atom is 0.276 e. The molecule has 9 nitrogen and oxygen atoms in total. The van der Waals surface area contributed by atoms with Crippen LogP contribution >= 0.6 is 11.3 Å². The van der Waals surface area contributed by atoms with E-state index in [1.54, 1.807) is 29.6 Å². The quantitative estimate of drug-likeness (QED) is 0.394. The second-order valence-corrected chi connectivity index (χ2v) is 9.77. The van der Waals surface area contributed by atoms with Crippen LogP contribution in [0.2, 0.25) is 0 Å². The van der Waals surface area contributed by atoms with Crippen molar-refractivity contribution in [2.24, 2.45) is 0 Å². The van der Waals surface area contributed by atoms with Crippen molar-refractivity contribution in [1.82, 2.24) is 14.8 Å². The number of anilines is 2. The first-order valence-corrected chi connectivity index (χ1v) is 12.6. The average molecular weight is 484 g/mol. The number of carbonyl (C=O) groups is 1. The maximum absolute atomic E-state index is 13.0. The Morgan fingerprint density at radius 2 is 1.82 bits per heavy atom. The molecule has 4 aromatic rings. The summed E-state index contributed by atoms with van der Waals surface area (Å²) in [4.78, 5) is 29.7. The van der Waals surface area contributed by atoms with Crippen molar-refractivity contribution < 1.29 is 13.2 Å². The van der Waals surface area contributed by atoms with Crippen LogP contribution in [0, 0.1) is 0 Å². The van der Waals surface area contributed by atoms with Crippen molar-refractivity contribution in [3.63, 3.8) is 0 Å². The Labute approximate surface area is 194 Å². The highest BCUT2D eigenvalue weighted by atomic mass is 32.2. The number of aryl methyl sites for hydroxylation is 1.